The van der Waals surface area contributed by atoms with E-state index in [1.54, 1.807) is 6.92 Å². The van der Waals surface area contributed by atoms with Crippen LogP contribution in [0.3, 0.4) is 0 Å². The lowest BCUT2D eigenvalue weighted by Gasteiger charge is -2.63. The molecule has 1 N–H and O–H groups in total. The van der Waals surface area contributed by atoms with Crippen LogP contribution < -0.4 is 0 Å². The number of hydrogen-bond acceptors (Lipinski definition) is 3. The second-order valence-electron chi connectivity index (χ2n) is 11.1. The Morgan fingerprint density at radius 2 is 1.71 bits per heavy atom. The van der Waals surface area contributed by atoms with Crippen LogP contribution in [0.25, 0.3) is 0 Å². The molecule has 4 heteroatoms. The monoisotopic (exact) mass is 452 g/mol. The van der Waals surface area contributed by atoms with Crippen LogP contribution in [0.1, 0.15) is 84.5 Å². The number of alkyl halides is 1. The van der Waals surface area contributed by atoms with Gasteiger partial charge in [0.05, 0.1) is 6.10 Å². The summed E-state index contributed by atoms with van der Waals surface area (Å²) >= 11 is 3.84. The van der Waals surface area contributed by atoms with E-state index in [4.69, 9.17) is 4.74 Å². The SMILES string of the molecule is CC(=O)O[C@@H]1CC[C@@]2(C)[C@H](CC[C@@H]3[C@@H]2CC[C@]24[C@@H](CC[C@H](Br)[C@H]2O)CC[C@@H]34)C1. The van der Waals surface area contributed by atoms with Crippen LogP contribution in [0.4, 0.5) is 0 Å². The Morgan fingerprint density at radius 1 is 0.964 bits per heavy atom. The third-order valence-electron chi connectivity index (χ3n) is 10.4. The lowest BCUT2D eigenvalue weighted by molar-refractivity contribution is -0.174. The molecule has 0 radical (unpaired) electrons. The molecule has 28 heavy (non-hydrogen) atoms. The summed E-state index contributed by atoms with van der Waals surface area (Å²) in [6.07, 6.45) is 13.6. The topological polar surface area (TPSA) is 46.5 Å². The standard InChI is InChI=1S/C24H37BrO3/c1-14(26)28-17-9-11-23(2)16(13-17)3-6-18-19(23)10-12-24-15(4-7-20(18)24)5-8-21(25)22(24)27/h15-22,27H,3-13H2,1-2H3/t15-,16-,17-,18-,19+,20+,21+,22-,23+,24-/m1/s1. The van der Waals surface area contributed by atoms with Gasteiger partial charge in [0.2, 0.25) is 0 Å². The first-order valence-electron chi connectivity index (χ1n) is 11.9. The second kappa shape index (κ2) is 6.97. The van der Waals surface area contributed by atoms with Crippen molar-refractivity contribution in [1.29, 1.82) is 0 Å². The van der Waals surface area contributed by atoms with Gasteiger partial charge in [-0.1, -0.05) is 22.9 Å². The first-order valence-corrected chi connectivity index (χ1v) is 12.8. The van der Waals surface area contributed by atoms with Crippen LogP contribution in [0.5, 0.6) is 0 Å². The number of halogens is 1. The molecule has 1 spiro atoms. The molecule has 5 rings (SSSR count). The molecule has 5 fully saturated rings. The summed E-state index contributed by atoms with van der Waals surface area (Å²) in [5.74, 6) is 3.69. The van der Waals surface area contributed by atoms with Gasteiger partial charge in [-0.05, 0) is 106 Å². The third-order valence-corrected chi connectivity index (χ3v) is 11.4. The summed E-state index contributed by atoms with van der Waals surface area (Å²) in [5.41, 5.74) is 0.610. The molecule has 10 atom stereocenters. The van der Waals surface area contributed by atoms with Gasteiger partial charge in [0, 0.05) is 17.2 Å². The van der Waals surface area contributed by atoms with Crippen molar-refractivity contribution in [3.8, 4) is 0 Å². The number of fused-ring (bicyclic) bond motifs is 4. The maximum Gasteiger partial charge on any atom is 0.302 e. The quantitative estimate of drug-likeness (QED) is 0.423. The van der Waals surface area contributed by atoms with E-state index in [2.05, 4.69) is 22.9 Å². The van der Waals surface area contributed by atoms with Gasteiger partial charge in [-0.3, -0.25) is 4.79 Å². The van der Waals surface area contributed by atoms with E-state index >= 15 is 0 Å². The van der Waals surface area contributed by atoms with Crippen molar-refractivity contribution in [2.24, 2.45) is 40.4 Å². The maximum absolute atomic E-state index is 11.4. The molecular weight excluding hydrogens is 416 g/mol. The Bertz CT molecular complexity index is 637. The zero-order valence-corrected chi connectivity index (χ0v) is 19.1. The number of carbonyl (C=O) groups excluding carboxylic acids is 1. The van der Waals surface area contributed by atoms with Crippen molar-refractivity contribution in [2.75, 3.05) is 0 Å². The lowest BCUT2D eigenvalue weighted by Crippen LogP contribution is -2.59. The fourth-order valence-corrected chi connectivity index (χ4v) is 10.0. The fourth-order valence-electron chi connectivity index (χ4n) is 9.27. The van der Waals surface area contributed by atoms with Crippen molar-refractivity contribution in [1.82, 2.24) is 0 Å². The Kier molecular flexibility index (Phi) is 4.94. The highest BCUT2D eigenvalue weighted by Crippen LogP contribution is 2.70. The van der Waals surface area contributed by atoms with Gasteiger partial charge >= 0.3 is 5.97 Å². The summed E-state index contributed by atoms with van der Waals surface area (Å²) in [6.45, 7) is 4.11. The van der Waals surface area contributed by atoms with Crippen LogP contribution in [-0.2, 0) is 9.53 Å². The maximum atomic E-state index is 11.4. The van der Waals surface area contributed by atoms with Gasteiger partial charge in [-0.25, -0.2) is 0 Å². The van der Waals surface area contributed by atoms with Crippen molar-refractivity contribution < 1.29 is 14.6 Å². The predicted octanol–water partition coefficient (Wildman–Crippen LogP) is 5.48. The number of hydrogen-bond donors (Lipinski definition) is 1. The Labute approximate surface area is 178 Å². The Balaban J connectivity index is 1.39. The average molecular weight is 453 g/mol. The molecule has 0 heterocycles. The molecule has 158 valence electrons. The normalized spacial score (nSPS) is 55.4. The lowest BCUT2D eigenvalue weighted by atomic mass is 9.43. The Morgan fingerprint density at radius 3 is 2.50 bits per heavy atom. The molecule has 0 unspecified atom stereocenters. The van der Waals surface area contributed by atoms with E-state index in [9.17, 15) is 9.90 Å². The summed E-state index contributed by atoms with van der Waals surface area (Å²) in [4.78, 5) is 11.7. The number of carbonyl (C=O) groups is 1. The average Bonchev–Trinajstić information content (AvgIpc) is 3.05. The molecule has 0 saturated heterocycles. The smallest absolute Gasteiger partial charge is 0.302 e. The van der Waals surface area contributed by atoms with Crippen molar-refractivity contribution in [3.05, 3.63) is 0 Å². The van der Waals surface area contributed by atoms with Crippen molar-refractivity contribution in [3.63, 3.8) is 0 Å². The number of aliphatic hydroxyl groups is 1. The highest BCUT2D eigenvalue weighted by Gasteiger charge is 2.65. The van der Waals surface area contributed by atoms with Gasteiger partial charge in [0.1, 0.15) is 6.10 Å². The van der Waals surface area contributed by atoms with Gasteiger partial charge < -0.3 is 9.84 Å². The predicted molar refractivity (Wildman–Crippen MR) is 113 cm³/mol. The van der Waals surface area contributed by atoms with Crippen molar-refractivity contribution in [2.45, 2.75) is 102 Å². The Hall–Kier alpha value is -0.0900. The van der Waals surface area contributed by atoms with Gasteiger partial charge in [-0.2, -0.15) is 0 Å². The molecule has 0 aromatic rings. The summed E-state index contributed by atoms with van der Waals surface area (Å²) in [5, 5.41) is 11.3. The largest absolute Gasteiger partial charge is 0.463 e. The molecule has 5 saturated carbocycles. The molecule has 0 aliphatic heterocycles. The van der Waals surface area contributed by atoms with Crippen molar-refractivity contribution >= 4 is 21.9 Å². The fraction of sp³-hybridized carbons (Fsp3) is 0.958. The van der Waals surface area contributed by atoms with E-state index in [1.165, 1.54) is 51.4 Å². The summed E-state index contributed by atoms with van der Waals surface area (Å²) in [7, 11) is 0. The molecule has 5 aliphatic carbocycles. The molecule has 0 amide bonds. The third kappa shape index (κ3) is 2.72. The zero-order valence-electron chi connectivity index (χ0n) is 17.5. The van der Waals surface area contributed by atoms with Crippen LogP contribution in [0, 0.1) is 40.4 Å². The minimum absolute atomic E-state index is 0.116. The second-order valence-corrected chi connectivity index (χ2v) is 12.3. The zero-order chi connectivity index (χ0) is 19.7. The minimum atomic E-state index is -0.148. The van der Waals surface area contributed by atoms with Crippen LogP contribution >= 0.6 is 15.9 Å². The van der Waals surface area contributed by atoms with E-state index in [0.717, 1.165) is 42.9 Å². The summed E-state index contributed by atoms with van der Waals surface area (Å²) < 4.78 is 5.61. The number of ether oxygens (including phenoxy) is 1. The molecule has 0 aromatic carbocycles. The van der Waals surface area contributed by atoms with E-state index in [0.29, 0.717) is 16.2 Å². The molecule has 3 nitrogen and oxygen atoms in total. The van der Waals surface area contributed by atoms with Crippen LogP contribution in [0.15, 0.2) is 0 Å². The van der Waals surface area contributed by atoms with Crippen LogP contribution in [-0.4, -0.2) is 28.1 Å². The molecular formula is C24H37BrO3. The summed E-state index contributed by atoms with van der Waals surface area (Å²) in [6, 6.07) is 0. The van der Waals surface area contributed by atoms with Crippen LogP contribution in [0.2, 0.25) is 0 Å². The minimum Gasteiger partial charge on any atom is -0.463 e. The highest BCUT2D eigenvalue weighted by molar-refractivity contribution is 9.09. The van der Waals surface area contributed by atoms with E-state index in [1.807, 2.05) is 0 Å². The van der Waals surface area contributed by atoms with Gasteiger partial charge in [-0.15, -0.1) is 0 Å². The highest BCUT2D eigenvalue weighted by atomic mass is 79.9. The number of aliphatic hydroxyl groups excluding tert-OH is 1. The number of esters is 1. The van der Waals surface area contributed by atoms with Gasteiger partial charge in [0.15, 0.2) is 0 Å². The first kappa shape index (κ1) is 19.8. The number of rotatable bonds is 1. The van der Waals surface area contributed by atoms with E-state index < -0.39 is 0 Å². The first-order chi connectivity index (χ1) is 13.4. The molecule has 0 aromatic heterocycles. The molecule has 5 aliphatic rings. The molecule has 0 bridgehead atoms. The van der Waals surface area contributed by atoms with E-state index in [-0.39, 0.29) is 23.6 Å². The van der Waals surface area contributed by atoms with Gasteiger partial charge in [0.25, 0.3) is 0 Å².